The van der Waals surface area contributed by atoms with Gasteiger partial charge in [0.2, 0.25) is 5.91 Å². The van der Waals surface area contributed by atoms with Crippen molar-refractivity contribution in [3.8, 4) is 5.75 Å². The van der Waals surface area contributed by atoms with Crippen molar-refractivity contribution < 1.29 is 18.7 Å². The van der Waals surface area contributed by atoms with Gasteiger partial charge < -0.3 is 15.0 Å². The van der Waals surface area contributed by atoms with Gasteiger partial charge in [0, 0.05) is 18.7 Å². The number of hydrogen-bond donors (Lipinski definition) is 1. The fourth-order valence-corrected chi connectivity index (χ4v) is 3.81. The van der Waals surface area contributed by atoms with Gasteiger partial charge in [-0.1, -0.05) is 42.5 Å². The molecule has 158 valence electrons. The fourth-order valence-electron chi connectivity index (χ4n) is 3.81. The molecule has 31 heavy (non-hydrogen) atoms. The Kier molecular flexibility index (Phi) is 5.98. The highest BCUT2D eigenvalue weighted by molar-refractivity contribution is 5.98. The number of halogens is 1. The van der Waals surface area contributed by atoms with Crippen LogP contribution in [0.2, 0.25) is 0 Å². The normalized spacial score (nSPS) is 13.6. The molecule has 1 N–H and O–H groups in total. The lowest BCUT2D eigenvalue weighted by atomic mass is 10.0. The zero-order valence-electron chi connectivity index (χ0n) is 17.2. The SMILES string of the molecule is COc1ccc(CNC(=O)C[C@H](c2ccc(F)cc2)N2Cc3ccccc3C2=O)cc1. The van der Waals surface area contributed by atoms with Gasteiger partial charge in [-0.15, -0.1) is 0 Å². The average molecular weight is 418 g/mol. The summed E-state index contributed by atoms with van der Waals surface area (Å²) in [7, 11) is 1.60. The van der Waals surface area contributed by atoms with Crippen molar-refractivity contribution in [1.29, 1.82) is 0 Å². The van der Waals surface area contributed by atoms with E-state index in [9.17, 15) is 14.0 Å². The Morgan fingerprint density at radius 1 is 1.06 bits per heavy atom. The van der Waals surface area contributed by atoms with Gasteiger partial charge in [-0.3, -0.25) is 9.59 Å². The van der Waals surface area contributed by atoms with E-state index in [0.717, 1.165) is 22.4 Å². The first-order valence-electron chi connectivity index (χ1n) is 10.1. The largest absolute Gasteiger partial charge is 0.497 e. The van der Waals surface area contributed by atoms with Gasteiger partial charge in [0.05, 0.1) is 19.6 Å². The number of rotatable bonds is 7. The van der Waals surface area contributed by atoms with Crippen molar-refractivity contribution in [1.82, 2.24) is 10.2 Å². The van der Waals surface area contributed by atoms with E-state index in [2.05, 4.69) is 5.32 Å². The van der Waals surface area contributed by atoms with Crippen LogP contribution in [0.15, 0.2) is 72.8 Å². The van der Waals surface area contributed by atoms with Crippen LogP contribution in [0.1, 0.15) is 39.5 Å². The molecule has 0 saturated carbocycles. The standard InChI is InChI=1S/C25H23FN2O3/c1-31-21-12-6-17(7-13-21)15-27-24(29)14-23(18-8-10-20(26)11-9-18)28-16-19-4-2-3-5-22(19)25(28)30/h2-13,23H,14-16H2,1H3,(H,27,29)/t23-/m1/s1. The second kappa shape index (κ2) is 9.00. The molecule has 6 heteroatoms. The molecular weight excluding hydrogens is 395 g/mol. The highest BCUT2D eigenvalue weighted by Gasteiger charge is 2.34. The van der Waals surface area contributed by atoms with E-state index in [1.165, 1.54) is 12.1 Å². The monoisotopic (exact) mass is 418 g/mol. The van der Waals surface area contributed by atoms with E-state index in [0.29, 0.717) is 18.7 Å². The third-order valence-corrected chi connectivity index (χ3v) is 5.51. The molecule has 0 saturated heterocycles. The summed E-state index contributed by atoms with van der Waals surface area (Å²) in [6, 6.07) is 20.4. The minimum absolute atomic E-state index is 0.0848. The summed E-state index contributed by atoms with van der Waals surface area (Å²) in [6.07, 6.45) is 0.0848. The van der Waals surface area contributed by atoms with Crippen molar-refractivity contribution >= 4 is 11.8 Å². The molecule has 0 unspecified atom stereocenters. The van der Waals surface area contributed by atoms with Crippen LogP contribution in [-0.4, -0.2) is 23.8 Å². The molecule has 0 bridgehead atoms. The number of fused-ring (bicyclic) bond motifs is 1. The maximum atomic E-state index is 13.5. The van der Waals surface area contributed by atoms with Gasteiger partial charge >= 0.3 is 0 Å². The summed E-state index contributed by atoms with van der Waals surface area (Å²) >= 11 is 0. The quantitative estimate of drug-likeness (QED) is 0.625. The predicted molar refractivity (Wildman–Crippen MR) is 115 cm³/mol. The third-order valence-electron chi connectivity index (χ3n) is 5.51. The van der Waals surface area contributed by atoms with Crippen LogP contribution >= 0.6 is 0 Å². The van der Waals surface area contributed by atoms with Gasteiger partial charge in [0.1, 0.15) is 11.6 Å². The Hall–Kier alpha value is -3.67. The second-order valence-corrected chi connectivity index (χ2v) is 7.49. The Balaban J connectivity index is 1.50. The Morgan fingerprint density at radius 3 is 2.45 bits per heavy atom. The molecule has 1 atom stereocenters. The summed E-state index contributed by atoms with van der Waals surface area (Å²) in [5, 5.41) is 2.92. The summed E-state index contributed by atoms with van der Waals surface area (Å²) in [4.78, 5) is 27.5. The number of methoxy groups -OCH3 is 1. The van der Waals surface area contributed by atoms with Crippen molar-refractivity contribution in [2.45, 2.75) is 25.6 Å². The molecule has 0 aromatic heterocycles. The van der Waals surface area contributed by atoms with Gasteiger partial charge in [-0.05, 0) is 47.0 Å². The molecule has 0 spiro atoms. The maximum absolute atomic E-state index is 13.5. The van der Waals surface area contributed by atoms with Crippen LogP contribution in [-0.2, 0) is 17.9 Å². The summed E-state index contributed by atoms with van der Waals surface area (Å²) in [6.45, 7) is 0.788. The molecule has 1 aliphatic heterocycles. The number of carbonyl (C=O) groups is 2. The van der Waals surface area contributed by atoms with E-state index in [4.69, 9.17) is 4.74 Å². The first-order chi connectivity index (χ1) is 15.0. The molecule has 1 heterocycles. The number of benzene rings is 3. The van der Waals surface area contributed by atoms with E-state index in [1.807, 2.05) is 42.5 Å². The lowest BCUT2D eigenvalue weighted by Crippen LogP contribution is -2.34. The first kappa shape index (κ1) is 20.6. The molecule has 0 aliphatic carbocycles. The Bertz CT molecular complexity index is 1080. The van der Waals surface area contributed by atoms with Crippen LogP contribution in [0.4, 0.5) is 4.39 Å². The molecule has 5 nitrogen and oxygen atoms in total. The van der Waals surface area contributed by atoms with Crippen LogP contribution in [0.25, 0.3) is 0 Å². The fraction of sp³-hybridized carbons (Fsp3) is 0.200. The molecular formula is C25H23FN2O3. The summed E-state index contributed by atoms with van der Waals surface area (Å²) < 4.78 is 18.6. The molecule has 2 amide bonds. The van der Waals surface area contributed by atoms with Crippen molar-refractivity contribution in [3.63, 3.8) is 0 Å². The second-order valence-electron chi connectivity index (χ2n) is 7.49. The van der Waals surface area contributed by atoms with Gasteiger partial charge in [-0.2, -0.15) is 0 Å². The lowest BCUT2D eigenvalue weighted by molar-refractivity contribution is -0.122. The molecule has 3 aromatic carbocycles. The van der Waals surface area contributed by atoms with E-state index >= 15 is 0 Å². The maximum Gasteiger partial charge on any atom is 0.255 e. The minimum Gasteiger partial charge on any atom is -0.497 e. The zero-order valence-corrected chi connectivity index (χ0v) is 17.2. The molecule has 0 radical (unpaired) electrons. The van der Waals surface area contributed by atoms with Crippen molar-refractivity contribution in [3.05, 3.63) is 101 Å². The Labute approximate surface area is 180 Å². The number of nitrogens with zero attached hydrogens (tertiary/aromatic N) is 1. The average Bonchev–Trinajstić information content (AvgIpc) is 3.13. The van der Waals surface area contributed by atoms with Gasteiger partial charge in [-0.25, -0.2) is 4.39 Å². The van der Waals surface area contributed by atoms with E-state index in [1.54, 1.807) is 30.2 Å². The van der Waals surface area contributed by atoms with Crippen LogP contribution < -0.4 is 10.1 Å². The molecule has 3 aromatic rings. The summed E-state index contributed by atoms with van der Waals surface area (Å²) in [5.41, 5.74) is 3.24. The lowest BCUT2D eigenvalue weighted by Gasteiger charge is -2.28. The minimum atomic E-state index is -0.489. The number of ether oxygens (including phenoxy) is 1. The summed E-state index contributed by atoms with van der Waals surface area (Å²) in [5.74, 6) is 0.0860. The predicted octanol–water partition coefficient (Wildman–Crippen LogP) is 4.24. The number of carbonyl (C=O) groups excluding carboxylic acids is 2. The van der Waals surface area contributed by atoms with Crippen molar-refractivity contribution in [2.75, 3.05) is 7.11 Å². The van der Waals surface area contributed by atoms with Gasteiger partial charge in [0.15, 0.2) is 0 Å². The van der Waals surface area contributed by atoms with E-state index in [-0.39, 0.29) is 24.1 Å². The topological polar surface area (TPSA) is 58.6 Å². The number of amides is 2. The molecule has 0 fully saturated rings. The zero-order chi connectivity index (χ0) is 21.8. The first-order valence-corrected chi connectivity index (χ1v) is 10.1. The van der Waals surface area contributed by atoms with Crippen LogP contribution in [0, 0.1) is 5.82 Å². The number of nitrogens with one attached hydrogen (secondary N) is 1. The highest BCUT2D eigenvalue weighted by atomic mass is 19.1. The smallest absolute Gasteiger partial charge is 0.255 e. The van der Waals surface area contributed by atoms with Gasteiger partial charge in [0.25, 0.3) is 5.91 Å². The molecule has 1 aliphatic rings. The Morgan fingerprint density at radius 2 is 1.77 bits per heavy atom. The van der Waals surface area contributed by atoms with Crippen LogP contribution in [0.5, 0.6) is 5.75 Å². The third kappa shape index (κ3) is 4.58. The highest BCUT2D eigenvalue weighted by Crippen LogP contribution is 2.33. The van der Waals surface area contributed by atoms with Crippen LogP contribution in [0.3, 0.4) is 0 Å². The van der Waals surface area contributed by atoms with E-state index < -0.39 is 6.04 Å². The number of hydrogen-bond acceptors (Lipinski definition) is 3. The van der Waals surface area contributed by atoms with Crippen molar-refractivity contribution in [2.24, 2.45) is 0 Å². The molecule has 4 rings (SSSR count).